The number of nitrogens with one attached hydrogen (secondary N) is 1. The van der Waals surface area contributed by atoms with Crippen molar-refractivity contribution in [3.8, 4) is 0 Å². The number of rotatable bonds is 5. The standard InChI is InChI=1S/C17H26N2O3S/c1-4-23(21,22)19-12-10-17(11-13-19,16(20)18-14(2)3)15-8-6-5-7-9-15/h5-9,14H,4,10-13H2,1-3H3,(H,18,20). The minimum absolute atomic E-state index is 0.00718. The summed E-state index contributed by atoms with van der Waals surface area (Å²) in [6, 6.07) is 9.76. The fraction of sp³-hybridized carbons (Fsp3) is 0.588. The molecule has 5 nitrogen and oxygen atoms in total. The van der Waals surface area contributed by atoms with Crippen molar-refractivity contribution in [1.82, 2.24) is 9.62 Å². The summed E-state index contributed by atoms with van der Waals surface area (Å²) in [5.74, 6) is 0.0935. The first-order valence-corrected chi connectivity index (χ1v) is 9.77. The van der Waals surface area contributed by atoms with E-state index in [0.29, 0.717) is 25.9 Å². The fourth-order valence-electron chi connectivity index (χ4n) is 3.13. The summed E-state index contributed by atoms with van der Waals surface area (Å²) < 4.78 is 25.7. The molecule has 1 saturated heterocycles. The van der Waals surface area contributed by atoms with Crippen LogP contribution >= 0.6 is 0 Å². The minimum Gasteiger partial charge on any atom is -0.353 e. The topological polar surface area (TPSA) is 66.5 Å². The van der Waals surface area contributed by atoms with Crippen LogP contribution in [0.3, 0.4) is 0 Å². The van der Waals surface area contributed by atoms with E-state index in [1.54, 1.807) is 6.92 Å². The zero-order valence-electron chi connectivity index (χ0n) is 14.1. The van der Waals surface area contributed by atoms with Crippen LogP contribution in [-0.2, 0) is 20.2 Å². The van der Waals surface area contributed by atoms with Gasteiger partial charge in [0.05, 0.1) is 11.2 Å². The fourth-order valence-corrected chi connectivity index (χ4v) is 4.24. The second-order valence-corrected chi connectivity index (χ2v) is 8.63. The van der Waals surface area contributed by atoms with Gasteiger partial charge < -0.3 is 5.32 Å². The third-order valence-corrected chi connectivity index (χ3v) is 6.40. The highest BCUT2D eigenvalue weighted by Gasteiger charge is 2.44. The summed E-state index contributed by atoms with van der Waals surface area (Å²) in [6.45, 7) is 6.30. The highest BCUT2D eigenvalue weighted by molar-refractivity contribution is 7.89. The van der Waals surface area contributed by atoms with E-state index >= 15 is 0 Å². The SMILES string of the molecule is CCS(=O)(=O)N1CCC(C(=O)NC(C)C)(c2ccccc2)CC1. The Bertz CT molecular complexity index is 633. The number of hydrogen-bond donors (Lipinski definition) is 1. The van der Waals surface area contributed by atoms with Crippen molar-refractivity contribution in [2.24, 2.45) is 0 Å². The van der Waals surface area contributed by atoms with Crippen LogP contribution in [-0.4, -0.2) is 43.5 Å². The molecule has 0 aliphatic carbocycles. The number of sulfonamides is 1. The molecule has 0 radical (unpaired) electrons. The first-order chi connectivity index (χ1) is 10.8. The van der Waals surface area contributed by atoms with Crippen LogP contribution in [0.15, 0.2) is 30.3 Å². The molecule has 1 fully saturated rings. The van der Waals surface area contributed by atoms with E-state index < -0.39 is 15.4 Å². The Hall–Kier alpha value is -1.40. The molecule has 1 N–H and O–H groups in total. The molecule has 1 aliphatic heterocycles. The molecule has 1 aromatic carbocycles. The van der Waals surface area contributed by atoms with Crippen LogP contribution < -0.4 is 5.32 Å². The van der Waals surface area contributed by atoms with E-state index in [2.05, 4.69) is 5.32 Å². The van der Waals surface area contributed by atoms with Gasteiger partial charge in [0.1, 0.15) is 0 Å². The van der Waals surface area contributed by atoms with E-state index in [1.165, 1.54) is 4.31 Å². The average molecular weight is 338 g/mol. The molecule has 23 heavy (non-hydrogen) atoms. The lowest BCUT2D eigenvalue weighted by molar-refractivity contribution is -0.128. The lowest BCUT2D eigenvalue weighted by Gasteiger charge is -2.40. The average Bonchev–Trinajstić information content (AvgIpc) is 2.55. The van der Waals surface area contributed by atoms with Crippen molar-refractivity contribution < 1.29 is 13.2 Å². The van der Waals surface area contributed by atoms with Crippen LogP contribution in [0.1, 0.15) is 39.2 Å². The van der Waals surface area contributed by atoms with Crippen molar-refractivity contribution in [3.63, 3.8) is 0 Å². The second-order valence-electron chi connectivity index (χ2n) is 6.38. The van der Waals surface area contributed by atoms with E-state index in [4.69, 9.17) is 0 Å². The molecule has 0 saturated carbocycles. The summed E-state index contributed by atoms with van der Waals surface area (Å²) in [6.07, 6.45) is 1.02. The minimum atomic E-state index is -3.20. The van der Waals surface area contributed by atoms with Crippen LogP contribution in [0.4, 0.5) is 0 Å². The molecule has 0 aromatic heterocycles. The van der Waals surface area contributed by atoms with Gasteiger partial charge in [0.2, 0.25) is 15.9 Å². The first-order valence-electron chi connectivity index (χ1n) is 8.16. The molecule has 0 unspecified atom stereocenters. The van der Waals surface area contributed by atoms with Crippen molar-refractivity contribution in [3.05, 3.63) is 35.9 Å². The number of benzene rings is 1. The summed E-state index contributed by atoms with van der Waals surface area (Å²) in [7, 11) is -3.20. The molecule has 128 valence electrons. The van der Waals surface area contributed by atoms with Gasteiger partial charge in [-0.25, -0.2) is 12.7 Å². The summed E-state index contributed by atoms with van der Waals surface area (Å²) in [4.78, 5) is 12.9. The maximum Gasteiger partial charge on any atom is 0.230 e. The van der Waals surface area contributed by atoms with Crippen LogP contribution in [0.2, 0.25) is 0 Å². The van der Waals surface area contributed by atoms with Gasteiger partial charge in [0.15, 0.2) is 0 Å². The Morgan fingerprint density at radius 1 is 1.22 bits per heavy atom. The van der Waals surface area contributed by atoms with E-state index in [0.717, 1.165) is 5.56 Å². The van der Waals surface area contributed by atoms with Gasteiger partial charge in [0.25, 0.3) is 0 Å². The molecule has 1 aromatic rings. The molecular formula is C17H26N2O3S. The molecule has 0 atom stereocenters. The third kappa shape index (κ3) is 3.75. The lowest BCUT2D eigenvalue weighted by Crippen LogP contribution is -2.54. The van der Waals surface area contributed by atoms with Gasteiger partial charge in [-0.05, 0) is 39.2 Å². The quantitative estimate of drug-likeness (QED) is 0.891. The molecule has 0 bridgehead atoms. The van der Waals surface area contributed by atoms with Crippen molar-refractivity contribution in [2.45, 2.75) is 45.1 Å². The van der Waals surface area contributed by atoms with Crippen LogP contribution in [0, 0.1) is 0 Å². The smallest absolute Gasteiger partial charge is 0.230 e. The monoisotopic (exact) mass is 338 g/mol. The molecule has 2 rings (SSSR count). The summed E-state index contributed by atoms with van der Waals surface area (Å²) in [5, 5.41) is 3.01. The second kappa shape index (κ2) is 7.01. The highest BCUT2D eigenvalue weighted by Crippen LogP contribution is 2.36. The summed E-state index contributed by atoms with van der Waals surface area (Å²) in [5.41, 5.74) is 0.317. The highest BCUT2D eigenvalue weighted by atomic mass is 32.2. The number of amides is 1. The van der Waals surface area contributed by atoms with Crippen molar-refractivity contribution in [1.29, 1.82) is 0 Å². The zero-order chi connectivity index (χ0) is 17.1. The van der Waals surface area contributed by atoms with Gasteiger partial charge in [0, 0.05) is 19.1 Å². The van der Waals surface area contributed by atoms with E-state index in [1.807, 2.05) is 44.2 Å². The van der Waals surface area contributed by atoms with Crippen LogP contribution in [0.25, 0.3) is 0 Å². The van der Waals surface area contributed by atoms with Gasteiger partial charge in [-0.2, -0.15) is 0 Å². The Morgan fingerprint density at radius 3 is 2.26 bits per heavy atom. The number of piperidine rings is 1. The number of carbonyl (C=O) groups excluding carboxylic acids is 1. The number of carbonyl (C=O) groups is 1. The first kappa shape index (κ1) is 17.9. The van der Waals surface area contributed by atoms with Gasteiger partial charge >= 0.3 is 0 Å². The van der Waals surface area contributed by atoms with E-state index in [9.17, 15) is 13.2 Å². The molecule has 0 spiro atoms. The Kier molecular flexibility index (Phi) is 5.47. The molecule has 1 aliphatic rings. The normalized spacial score (nSPS) is 18.8. The molecule has 1 heterocycles. The predicted octanol–water partition coefficient (Wildman–Crippen LogP) is 1.89. The number of hydrogen-bond acceptors (Lipinski definition) is 3. The lowest BCUT2D eigenvalue weighted by atomic mass is 9.72. The third-order valence-electron chi connectivity index (χ3n) is 4.51. The summed E-state index contributed by atoms with van der Waals surface area (Å²) >= 11 is 0. The molecular weight excluding hydrogens is 312 g/mol. The molecule has 6 heteroatoms. The van der Waals surface area contributed by atoms with Crippen molar-refractivity contribution >= 4 is 15.9 Å². The van der Waals surface area contributed by atoms with Gasteiger partial charge in [-0.15, -0.1) is 0 Å². The maximum absolute atomic E-state index is 12.9. The van der Waals surface area contributed by atoms with E-state index in [-0.39, 0.29) is 17.7 Å². The maximum atomic E-state index is 12.9. The molecule has 1 amide bonds. The Morgan fingerprint density at radius 2 is 1.78 bits per heavy atom. The largest absolute Gasteiger partial charge is 0.353 e. The Labute approximate surface area is 139 Å². The van der Waals surface area contributed by atoms with Gasteiger partial charge in [-0.1, -0.05) is 30.3 Å². The number of nitrogens with zero attached hydrogens (tertiary/aromatic N) is 1. The van der Waals surface area contributed by atoms with Gasteiger partial charge in [-0.3, -0.25) is 4.79 Å². The predicted molar refractivity (Wildman–Crippen MR) is 91.7 cm³/mol. The zero-order valence-corrected chi connectivity index (χ0v) is 14.9. The Balaban J connectivity index is 2.30. The van der Waals surface area contributed by atoms with Crippen molar-refractivity contribution in [2.75, 3.05) is 18.8 Å². The van der Waals surface area contributed by atoms with Crippen LogP contribution in [0.5, 0.6) is 0 Å².